The number of nitrogens with zero attached hydrogens (tertiary/aromatic N) is 1. The highest BCUT2D eigenvalue weighted by Crippen LogP contribution is 2.17. The van der Waals surface area contributed by atoms with E-state index in [0.717, 1.165) is 11.1 Å². The van der Waals surface area contributed by atoms with Gasteiger partial charge in [-0.2, -0.15) is 0 Å². The van der Waals surface area contributed by atoms with Crippen LogP contribution in [-0.4, -0.2) is 31.4 Å². The van der Waals surface area contributed by atoms with Crippen molar-refractivity contribution in [1.29, 1.82) is 0 Å². The van der Waals surface area contributed by atoms with Crippen molar-refractivity contribution in [2.75, 3.05) is 20.6 Å². The molecule has 0 saturated heterocycles. The Hall–Kier alpha value is -2.27. The van der Waals surface area contributed by atoms with Gasteiger partial charge < -0.3 is 10.2 Å². The highest BCUT2D eigenvalue weighted by atomic mass is 19.1. The number of benzene rings is 2. The Labute approximate surface area is 134 Å². The minimum absolute atomic E-state index is 0.0484. The summed E-state index contributed by atoms with van der Waals surface area (Å²) in [6, 6.07) is 12.1. The maximum Gasteiger partial charge on any atom is 0.224 e. The Morgan fingerprint density at radius 1 is 1.00 bits per heavy atom. The zero-order chi connectivity index (χ0) is 16.8. The summed E-state index contributed by atoms with van der Waals surface area (Å²) in [6.45, 7) is 0.415. The van der Waals surface area contributed by atoms with Crippen LogP contribution < -0.4 is 5.32 Å². The zero-order valence-electron chi connectivity index (χ0n) is 13.2. The van der Waals surface area contributed by atoms with Crippen molar-refractivity contribution < 1.29 is 13.6 Å². The Balaban J connectivity index is 1.94. The first-order valence-electron chi connectivity index (χ1n) is 7.39. The molecule has 0 spiro atoms. The quantitative estimate of drug-likeness (QED) is 0.888. The predicted molar refractivity (Wildman–Crippen MR) is 85.9 cm³/mol. The summed E-state index contributed by atoms with van der Waals surface area (Å²) >= 11 is 0. The van der Waals surface area contributed by atoms with Crippen LogP contribution >= 0.6 is 0 Å². The predicted octanol–water partition coefficient (Wildman–Crippen LogP) is 2.93. The third-order valence-corrected chi connectivity index (χ3v) is 3.65. The fourth-order valence-corrected chi connectivity index (χ4v) is 2.34. The van der Waals surface area contributed by atoms with E-state index in [9.17, 15) is 13.6 Å². The highest BCUT2D eigenvalue weighted by Gasteiger charge is 2.15. The van der Waals surface area contributed by atoms with E-state index in [1.165, 1.54) is 24.3 Å². The second kappa shape index (κ2) is 7.83. The number of carbonyl (C=O) groups is 1. The van der Waals surface area contributed by atoms with Gasteiger partial charge in [-0.1, -0.05) is 24.3 Å². The third-order valence-electron chi connectivity index (χ3n) is 3.65. The summed E-state index contributed by atoms with van der Waals surface area (Å²) in [5, 5.41) is 2.87. The largest absolute Gasteiger partial charge is 0.354 e. The molecular weight excluding hydrogens is 298 g/mol. The van der Waals surface area contributed by atoms with E-state index in [0.29, 0.717) is 6.54 Å². The molecule has 0 unspecified atom stereocenters. The van der Waals surface area contributed by atoms with Gasteiger partial charge >= 0.3 is 0 Å². The Morgan fingerprint density at radius 3 is 2.04 bits per heavy atom. The summed E-state index contributed by atoms with van der Waals surface area (Å²) in [6.07, 6.45) is 0.198. The summed E-state index contributed by atoms with van der Waals surface area (Å²) in [4.78, 5) is 14.0. The monoisotopic (exact) mass is 318 g/mol. The first-order valence-corrected chi connectivity index (χ1v) is 7.39. The van der Waals surface area contributed by atoms with Crippen LogP contribution in [0.25, 0.3) is 0 Å². The number of hydrogen-bond donors (Lipinski definition) is 1. The van der Waals surface area contributed by atoms with Gasteiger partial charge in [-0.05, 0) is 49.5 Å². The van der Waals surface area contributed by atoms with Gasteiger partial charge in [0.05, 0.1) is 12.5 Å². The number of amides is 1. The van der Waals surface area contributed by atoms with Crippen LogP contribution in [0.1, 0.15) is 17.2 Å². The van der Waals surface area contributed by atoms with E-state index in [-0.39, 0.29) is 30.0 Å². The van der Waals surface area contributed by atoms with Crippen molar-refractivity contribution in [3.05, 3.63) is 71.3 Å². The minimum atomic E-state index is -0.321. The van der Waals surface area contributed by atoms with Crippen molar-refractivity contribution in [2.24, 2.45) is 0 Å². The molecule has 2 aromatic carbocycles. The molecule has 0 bridgehead atoms. The van der Waals surface area contributed by atoms with Gasteiger partial charge in [-0.3, -0.25) is 4.79 Å². The van der Waals surface area contributed by atoms with Gasteiger partial charge in [-0.25, -0.2) is 8.78 Å². The summed E-state index contributed by atoms with van der Waals surface area (Å²) in [5.74, 6) is -0.740. The standard InChI is InChI=1S/C18H20F2N2O/c1-22(2)17(14-5-9-16(20)10-6-14)12-21-18(23)11-13-3-7-15(19)8-4-13/h3-10,17H,11-12H2,1-2H3,(H,21,23)/t17-/m0/s1. The van der Waals surface area contributed by atoms with E-state index in [4.69, 9.17) is 0 Å². The van der Waals surface area contributed by atoms with E-state index < -0.39 is 0 Å². The number of likely N-dealkylation sites (N-methyl/N-ethyl adjacent to an activating group) is 1. The molecule has 5 heteroatoms. The highest BCUT2D eigenvalue weighted by molar-refractivity contribution is 5.78. The summed E-state index contributed by atoms with van der Waals surface area (Å²) in [5.41, 5.74) is 1.69. The number of carbonyl (C=O) groups excluding carboxylic acids is 1. The zero-order valence-corrected chi connectivity index (χ0v) is 13.2. The second-order valence-electron chi connectivity index (χ2n) is 5.64. The molecule has 0 aliphatic rings. The molecule has 0 aliphatic heterocycles. The molecule has 0 saturated carbocycles. The lowest BCUT2D eigenvalue weighted by atomic mass is 10.1. The average Bonchev–Trinajstić information content (AvgIpc) is 2.51. The van der Waals surface area contributed by atoms with Gasteiger partial charge in [0.15, 0.2) is 0 Å². The molecule has 2 rings (SSSR count). The van der Waals surface area contributed by atoms with E-state index >= 15 is 0 Å². The van der Waals surface area contributed by atoms with Gasteiger partial charge in [0.1, 0.15) is 11.6 Å². The first kappa shape index (κ1) is 17.1. The second-order valence-corrected chi connectivity index (χ2v) is 5.64. The molecule has 23 heavy (non-hydrogen) atoms. The maximum absolute atomic E-state index is 13.0. The lowest BCUT2D eigenvalue weighted by Gasteiger charge is -2.25. The van der Waals surface area contributed by atoms with Crippen molar-refractivity contribution in [1.82, 2.24) is 10.2 Å². The normalized spacial score (nSPS) is 12.2. The Morgan fingerprint density at radius 2 is 1.52 bits per heavy atom. The minimum Gasteiger partial charge on any atom is -0.354 e. The number of hydrogen-bond acceptors (Lipinski definition) is 2. The van der Waals surface area contributed by atoms with Crippen LogP contribution in [0.5, 0.6) is 0 Å². The molecule has 122 valence electrons. The SMILES string of the molecule is CN(C)[C@@H](CNC(=O)Cc1ccc(F)cc1)c1ccc(F)cc1. The molecule has 0 aromatic heterocycles. The fraction of sp³-hybridized carbons (Fsp3) is 0.278. The fourth-order valence-electron chi connectivity index (χ4n) is 2.34. The van der Waals surface area contributed by atoms with Crippen LogP contribution in [0.3, 0.4) is 0 Å². The third kappa shape index (κ3) is 5.14. The molecule has 1 atom stereocenters. The van der Waals surface area contributed by atoms with Crippen molar-refractivity contribution in [2.45, 2.75) is 12.5 Å². The molecule has 0 aliphatic carbocycles. The van der Waals surface area contributed by atoms with Crippen LogP contribution in [0, 0.1) is 11.6 Å². The lowest BCUT2D eigenvalue weighted by Crippen LogP contribution is -2.35. The Kier molecular flexibility index (Phi) is 5.82. The van der Waals surface area contributed by atoms with Crippen LogP contribution in [0.15, 0.2) is 48.5 Å². The van der Waals surface area contributed by atoms with Crippen LogP contribution in [-0.2, 0) is 11.2 Å². The summed E-state index contributed by atoms with van der Waals surface area (Å²) < 4.78 is 25.9. The van der Waals surface area contributed by atoms with Crippen LogP contribution in [0.4, 0.5) is 8.78 Å². The molecular formula is C18H20F2N2O. The molecule has 3 nitrogen and oxygen atoms in total. The van der Waals surface area contributed by atoms with Crippen molar-refractivity contribution in [3.8, 4) is 0 Å². The molecule has 0 radical (unpaired) electrons. The smallest absolute Gasteiger partial charge is 0.224 e. The molecule has 1 N–H and O–H groups in total. The molecule has 0 fully saturated rings. The molecule has 1 amide bonds. The van der Waals surface area contributed by atoms with Gasteiger partial charge in [-0.15, -0.1) is 0 Å². The lowest BCUT2D eigenvalue weighted by molar-refractivity contribution is -0.120. The van der Waals surface area contributed by atoms with Crippen molar-refractivity contribution in [3.63, 3.8) is 0 Å². The topological polar surface area (TPSA) is 32.3 Å². The molecule has 2 aromatic rings. The van der Waals surface area contributed by atoms with Crippen molar-refractivity contribution >= 4 is 5.91 Å². The number of nitrogens with one attached hydrogen (secondary N) is 1. The van der Waals surface area contributed by atoms with E-state index in [2.05, 4.69) is 5.32 Å². The summed E-state index contributed by atoms with van der Waals surface area (Å²) in [7, 11) is 3.81. The number of halogens is 2. The maximum atomic E-state index is 13.0. The van der Waals surface area contributed by atoms with Gasteiger partial charge in [0.2, 0.25) is 5.91 Å². The average molecular weight is 318 g/mol. The Bertz CT molecular complexity index is 639. The van der Waals surface area contributed by atoms with Crippen LogP contribution in [0.2, 0.25) is 0 Å². The first-order chi connectivity index (χ1) is 11.0. The van der Waals surface area contributed by atoms with E-state index in [1.807, 2.05) is 19.0 Å². The number of rotatable bonds is 6. The van der Waals surface area contributed by atoms with Gasteiger partial charge in [0, 0.05) is 6.54 Å². The molecule has 0 heterocycles. The van der Waals surface area contributed by atoms with E-state index in [1.54, 1.807) is 24.3 Å². The van der Waals surface area contributed by atoms with Gasteiger partial charge in [0.25, 0.3) is 0 Å².